The minimum absolute atomic E-state index is 0.524. The first-order valence-corrected chi connectivity index (χ1v) is 6.28. The van der Waals surface area contributed by atoms with Crippen molar-refractivity contribution < 1.29 is 4.74 Å². The Morgan fingerprint density at radius 3 is 2.94 bits per heavy atom. The standard InChI is InChI=1S/C13H18ClNO/c14-13-7-2-1-5-11(13)9-16-10-12-6-3-4-8-15-12/h1-2,5,7,12,15H,3-4,6,8-10H2. The molecule has 1 aliphatic rings. The van der Waals surface area contributed by atoms with E-state index in [1.165, 1.54) is 19.3 Å². The number of halogens is 1. The Bertz CT molecular complexity index is 323. The van der Waals surface area contributed by atoms with Crippen molar-refractivity contribution in [3.8, 4) is 0 Å². The zero-order valence-corrected chi connectivity index (χ0v) is 10.2. The molecule has 0 bridgehead atoms. The van der Waals surface area contributed by atoms with Crippen LogP contribution in [0.1, 0.15) is 24.8 Å². The number of hydrogen-bond acceptors (Lipinski definition) is 2. The summed E-state index contributed by atoms with van der Waals surface area (Å²) >= 11 is 6.05. The minimum atomic E-state index is 0.524. The van der Waals surface area contributed by atoms with Gasteiger partial charge in [0, 0.05) is 11.1 Å². The van der Waals surface area contributed by atoms with Crippen molar-refractivity contribution in [2.75, 3.05) is 13.2 Å². The monoisotopic (exact) mass is 239 g/mol. The summed E-state index contributed by atoms with van der Waals surface area (Å²) in [5.74, 6) is 0. The molecular weight excluding hydrogens is 222 g/mol. The molecule has 1 unspecified atom stereocenters. The molecule has 1 fully saturated rings. The average Bonchev–Trinajstić information content (AvgIpc) is 2.33. The van der Waals surface area contributed by atoms with Gasteiger partial charge in [-0.2, -0.15) is 0 Å². The quantitative estimate of drug-likeness (QED) is 0.872. The molecule has 0 saturated carbocycles. The van der Waals surface area contributed by atoms with Gasteiger partial charge in [0.1, 0.15) is 0 Å². The van der Waals surface area contributed by atoms with E-state index in [1.807, 2.05) is 24.3 Å². The molecule has 1 aromatic rings. The van der Waals surface area contributed by atoms with Gasteiger partial charge >= 0.3 is 0 Å². The van der Waals surface area contributed by atoms with Crippen LogP contribution in [0.15, 0.2) is 24.3 Å². The van der Waals surface area contributed by atoms with E-state index in [1.54, 1.807) is 0 Å². The maximum Gasteiger partial charge on any atom is 0.0732 e. The third-order valence-electron chi connectivity index (χ3n) is 2.95. The molecular formula is C13H18ClNO. The Labute approximate surface area is 102 Å². The fraction of sp³-hybridized carbons (Fsp3) is 0.538. The van der Waals surface area contributed by atoms with Gasteiger partial charge in [-0.15, -0.1) is 0 Å². The normalized spacial score (nSPS) is 20.9. The topological polar surface area (TPSA) is 21.3 Å². The maximum atomic E-state index is 6.05. The molecule has 0 spiro atoms. The maximum absolute atomic E-state index is 6.05. The summed E-state index contributed by atoms with van der Waals surface area (Å²) in [5.41, 5.74) is 1.07. The lowest BCUT2D eigenvalue weighted by atomic mass is 10.1. The van der Waals surface area contributed by atoms with Crippen LogP contribution >= 0.6 is 11.6 Å². The van der Waals surface area contributed by atoms with Gasteiger partial charge in [0.2, 0.25) is 0 Å². The summed E-state index contributed by atoms with van der Waals surface area (Å²) in [7, 11) is 0. The van der Waals surface area contributed by atoms with Crippen molar-refractivity contribution in [2.45, 2.75) is 31.9 Å². The number of nitrogens with one attached hydrogen (secondary N) is 1. The summed E-state index contributed by atoms with van der Waals surface area (Å²) in [5, 5.41) is 4.25. The summed E-state index contributed by atoms with van der Waals surface area (Å²) in [6, 6.07) is 8.37. The average molecular weight is 240 g/mol. The molecule has 0 aromatic heterocycles. The molecule has 1 atom stereocenters. The van der Waals surface area contributed by atoms with Gasteiger partial charge in [0.15, 0.2) is 0 Å². The second-order valence-corrected chi connectivity index (χ2v) is 4.66. The van der Waals surface area contributed by atoms with Crippen LogP contribution in [-0.2, 0) is 11.3 Å². The molecule has 0 aliphatic carbocycles. The van der Waals surface area contributed by atoms with E-state index >= 15 is 0 Å². The molecule has 1 heterocycles. The van der Waals surface area contributed by atoms with E-state index in [0.29, 0.717) is 12.6 Å². The fourth-order valence-electron chi connectivity index (χ4n) is 1.99. The van der Waals surface area contributed by atoms with E-state index < -0.39 is 0 Å². The van der Waals surface area contributed by atoms with Crippen molar-refractivity contribution in [1.29, 1.82) is 0 Å². The molecule has 3 heteroatoms. The molecule has 1 aliphatic heterocycles. The number of hydrogen-bond donors (Lipinski definition) is 1. The van der Waals surface area contributed by atoms with E-state index in [9.17, 15) is 0 Å². The van der Waals surface area contributed by atoms with E-state index in [4.69, 9.17) is 16.3 Å². The highest BCUT2D eigenvalue weighted by atomic mass is 35.5. The highest BCUT2D eigenvalue weighted by molar-refractivity contribution is 6.31. The van der Waals surface area contributed by atoms with Crippen LogP contribution in [-0.4, -0.2) is 19.2 Å². The molecule has 2 nitrogen and oxygen atoms in total. The Balaban J connectivity index is 1.73. The Morgan fingerprint density at radius 1 is 1.31 bits per heavy atom. The lowest BCUT2D eigenvalue weighted by Gasteiger charge is -2.23. The number of ether oxygens (including phenoxy) is 1. The van der Waals surface area contributed by atoms with Crippen LogP contribution < -0.4 is 5.32 Å². The van der Waals surface area contributed by atoms with Gasteiger partial charge < -0.3 is 10.1 Å². The van der Waals surface area contributed by atoms with E-state index in [-0.39, 0.29) is 0 Å². The van der Waals surface area contributed by atoms with Gasteiger partial charge in [-0.25, -0.2) is 0 Å². The van der Waals surface area contributed by atoms with Crippen LogP contribution in [0.3, 0.4) is 0 Å². The van der Waals surface area contributed by atoms with Crippen LogP contribution in [0.2, 0.25) is 5.02 Å². The molecule has 1 aromatic carbocycles. The van der Waals surface area contributed by atoms with Crippen LogP contribution in [0.5, 0.6) is 0 Å². The first kappa shape index (κ1) is 11.9. The van der Waals surface area contributed by atoms with Crippen molar-refractivity contribution in [3.63, 3.8) is 0 Å². The van der Waals surface area contributed by atoms with Gasteiger partial charge in [0.05, 0.1) is 13.2 Å². The molecule has 1 saturated heterocycles. The van der Waals surface area contributed by atoms with E-state index in [2.05, 4.69) is 5.32 Å². The smallest absolute Gasteiger partial charge is 0.0732 e. The van der Waals surface area contributed by atoms with Crippen molar-refractivity contribution >= 4 is 11.6 Å². The molecule has 1 N–H and O–H groups in total. The third-order valence-corrected chi connectivity index (χ3v) is 3.32. The second-order valence-electron chi connectivity index (χ2n) is 4.25. The van der Waals surface area contributed by atoms with Gasteiger partial charge in [-0.1, -0.05) is 36.2 Å². The lowest BCUT2D eigenvalue weighted by Crippen LogP contribution is -2.37. The van der Waals surface area contributed by atoms with Crippen molar-refractivity contribution in [1.82, 2.24) is 5.32 Å². The Hall–Kier alpha value is -0.570. The summed E-state index contributed by atoms with van der Waals surface area (Å²) < 4.78 is 5.69. The van der Waals surface area contributed by atoms with Gasteiger partial charge in [-0.3, -0.25) is 0 Å². The minimum Gasteiger partial charge on any atom is -0.375 e. The third kappa shape index (κ3) is 3.48. The van der Waals surface area contributed by atoms with E-state index in [0.717, 1.165) is 23.7 Å². The first-order valence-electron chi connectivity index (χ1n) is 5.91. The van der Waals surface area contributed by atoms with Crippen molar-refractivity contribution in [2.24, 2.45) is 0 Å². The SMILES string of the molecule is Clc1ccccc1COCC1CCCCN1. The van der Waals surface area contributed by atoms with Crippen LogP contribution in [0, 0.1) is 0 Å². The zero-order valence-electron chi connectivity index (χ0n) is 9.42. The summed E-state index contributed by atoms with van der Waals surface area (Å²) in [6.07, 6.45) is 3.83. The summed E-state index contributed by atoms with van der Waals surface area (Å²) in [6.45, 7) is 2.52. The Morgan fingerprint density at radius 2 is 2.19 bits per heavy atom. The van der Waals surface area contributed by atoms with Crippen LogP contribution in [0.25, 0.3) is 0 Å². The van der Waals surface area contributed by atoms with Gasteiger partial charge in [-0.05, 0) is 31.0 Å². The molecule has 2 rings (SSSR count). The first-order chi connectivity index (χ1) is 7.86. The van der Waals surface area contributed by atoms with Gasteiger partial charge in [0.25, 0.3) is 0 Å². The highest BCUT2D eigenvalue weighted by Crippen LogP contribution is 2.16. The predicted molar refractivity (Wildman–Crippen MR) is 66.7 cm³/mol. The molecule has 0 amide bonds. The van der Waals surface area contributed by atoms with Crippen molar-refractivity contribution in [3.05, 3.63) is 34.9 Å². The second kappa shape index (κ2) is 6.24. The number of piperidine rings is 1. The van der Waals surface area contributed by atoms with Crippen LogP contribution in [0.4, 0.5) is 0 Å². The number of benzene rings is 1. The zero-order chi connectivity index (χ0) is 11.2. The lowest BCUT2D eigenvalue weighted by molar-refractivity contribution is 0.0912. The Kier molecular flexibility index (Phi) is 4.64. The summed E-state index contributed by atoms with van der Waals surface area (Å²) in [4.78, 5) is 0. The molecule has 88 valence electrons. The largest absolute Gasteiger partial charge is 0.375 e. The highest BCUT2D eigenvalue weighted by Gasteiger charge is 2.12. The predicted octanol–water partition coefficient (Wildman–Crippen LogP) is 3.00. The molecule has 0 radical (unpaired) electrons. The number of rotatable bonds is 4. The molecule has 16 heavy (non-hydrogen) atoms. The fourth-order valence-corrected chi connectivity index (χ4v) is 2.18.